The van der Waals surface area contributed by atoms with Crippen LogP contribution in [0.5, 0.6) is 0 Å². The molecule has 2 aliphatic heterocycles. The minimum absolute atomic E-state index is 0.0942. The molecule has 0 spiro atoms. The molecular weight excluding hydrogens is 340 g/mol. The van der Waals surface area contributed by atoms with Gasteiger partial charge in [-0.3, -0.25) is 15.0 Å². The number of oxime groups is 1. The van der Waals surface area contributed by atoms with Gasteiger partial charge in [-0.1, -0.05) is 19.0 Å². The average molecular weight is 362 g/mol. The molecule has 12 nitrogen and oxygen atoms in total. The number of nitrogens with zero attached hydrogens (tertiary/aromatic N) is 2. The number of carbonyl (C=O) groups is 2. The second kappa shape index (κ2) is 7.93. The molecule has 2 rings (SSSR count). The lowest BCUT2D eigenvalue weighted by atomic mass is 10.1. The standard InChI is InChI=1S/C13H22N4O8/c1-5(2)12(20)24-4-6-9(18)10(19)11(25-6)17-8(16-23)3-7(15-22)14-13(17)21/h5-6,8-11,16,18-19,22-23H,3-4H2,1-2H3,(H,14,15,21)/t6-,8?,9-,10-,11-/m1/s1. The van der Waals surface area contributed by atoms with E-state index in [1.54, 1.807) is 13.8 Å². The Morgan fingerprint density at radius 2 is 2.16 bits per heavy atom. The second-order valence-electron chi connectivity index (χ2n) is 6.06. The van der Waals surface area contributed by atoms with Gasteiger partial charge < -0.3 is 30.1 Å². The second-order valence-corrected chi connectivity index (χ2v) is 6.06. The molecule has 0 aromatic carbocycles. The molecule has 0 aromatic heterocycles. The predicted octanol–water partition coefficient (Wildman–Crippen LogP) is -1.86. The number of rotatable bonds is 5. The number of aliphatic hydroxyl groups excluding tert-OH is 2. The van der Waals surface area contributed by atoms with Crippen LogP contribution in [0.25, 0.3) is 0 Å². The Bertz CT molecular complexity index is 542. The Morgan fingerprint density at radius 1 is 1.48 bits per heavy atom. The van der Waals surface area contributed by atoms with Crippen LogP contribution in [-0.4, -0.2) is 80.7 Å². The normalized spacial score (nSPS) is 34.5. The molecule has 0 aromatic rings. The molecule has 6 N–H and O–H groups in total. The number of hydrogen-bond donors (Lipinski definition) is 6. The Labute approximate surface area is 142 Å². The van der Waals surface area contributed by atoms with E-state index >= 15 is 0 Å². The van der Waals surface area contributed by atoms with Gasteiger partial charge in [0.15, 0.2) is 12.1 Å². The number of carbonyl (C=O) groups excluding carboxylic acids is 2. The quantitative estimate of drug-likeness (QED) is 0.186. The molecule has 0 aliphatic carbocycles. The molecule has 1 unspecified atom stereocenters. The van der Waals surface area contributed by atoms with Crippen LogP contribution in [0.3, 0.4) is 0 Å². The highest BCUT2D eigenvalue weighted by Gasteiger charge is 2.50. The maximum Gasteiger partial charge on any atom is 0.326 e. The van der Waals surface area contributed by atoms with Crippen LogP contribution in [0.4, 0.5) is 4.79 Å². The van der Waals surface area contributed by atoms with Crippen molar-refractivity contribution in [1.29, 1.82) is 0 Å². The first-order valence-corrected chi connectivity index (χ1v) is 7.68. The highest BCUT2D eigenvalue weighted by atomic mass is 16.6. The Hall–Kier alpha value is -1.99. The van der Waals surface area contributed by atoms with E-state index in [1.165, 1.54) is 0 Å². The summed E-state index contributed by atoms with van der Waals surface area (Å²) in [6.45, 7) is 2.98. The molecule has 2 heterocycles. The molecule has 25 heavy (non-hydrogen) atoms. The van der Waals surface area contributed by atoms with E-state index in [0.717, 1.165) is 4.90 Å². The van der Waals surface area contributed by atoms with Gasteiger partial charge in [-0.2, -0.15) is 5.48 Å². The summed E-state index contributed by atoms with van der Waals surface area (Å²) in [5.74, 6) is -0.960. The predicted molar refractivity (Wildman–Crippen MR) is 79.4 cm³/mol. The number of hydroxylamine groups is 1. The topological polar surface area (TPSA) is 173 Å². The molecule has 2 saturated heterocycles. The van der Waals surface area contributed by atoms with Crippen LogP contribution in [0.1, 0.15) is 20.3 Å². The molecule has 0 radical (unpaired) electrons. The van der Waals surface area contributed by atoms with Gasteiger partial charge in [0.1, 0.15) is 31.1 Å². The number of hydrogen-bond acceptors (Lipinski definition) is 10. The van der Waals surface area contributed by atoms with Crippen molar-refractivity contribution in [2.24, 2.45) is 11.1 Å². The molecule has 0 saturated carbocycles. The lowest BCUT2D eigenvalue weighted by Crippen LogP contribution is -2.64. The van der Waals surface area contributed by atoms with E-state index in [4.69, 9.17) is 14.7 Å². The van der Waals surface area contributed by atoms with Gasteiger partial charge in [-0.25, -0.2) is 4.79 Å². The van der Waals surface area contributed by atoms with E-state index in [1.807, 2.05) is 5.48 Å². The molecule has 2 fully saturated rings. The third-order valence-corrected chi connectivity index (χ3v) is 3.95. The smallest absolute Gasteiger partial charge is 0.326 e. The summed E-state index contributed by atoms with van der Waals surface area (Å²) in [6.07, 6.45) is -6.45. The third-order valence-electron chi connectivity index (χ3n) is 3.95. The maximum absolute atomic E-state index is 12.1. The molecule has 12 heteroatoms. The summed E-state index contributed by atoms with van der Waals surface area (Å²) in [5, 5.41) is 43.4. The summed E-state index contributed by atoms with van der Waals surface area (Å²) < 4.78 is 10.4. The molecule has 2 amide bonds. The molecule has 2 aliphatic rings. The number of aliphatic hydroxyl groups is 2. The third kappa shape index (κ3) is 3.99. The van der Waals surface area contributed by atoms with Crippen molar-refractivity contribution in [2.75, 3.05) is 6.61 Å². The first-order valence-electron chi connectivity index (χ1n) is 7.68. The number of urea groups is 1. The highest BCUT2D eigenvalue weighted by Crippen LogP contribution is 2.27. The van der Waals surface area contributed by atoms with Crippen LogP contribution in [0.15, 0.2) is 5.16 Å². The van der Waals surface area contributed by atoms with E-state index in [2.05, 4.69) is 10.5 Å². The van der Waals surface area contributed by atoms with E-state index in [-0.39, 0.29) is 24.8 Å². The van der Waals surface area contributed by atoms with Crippen LogP contribution in [-0.2, 0) is 14.3 Å². The summed E-state index contributed by atoms with van der Waals surface area (Å²) in [5.41, 5.74) is 1.86. The van der Waals surface area contributed by atoms with Gasteiger partial charge in [-0.05, 0) is 0 Å². The first kappa shape index (κ1) is 19.3. The number of amides is 2. The minimum Gasteiger partial charge on any atom is -0.463 e. The van der Waals surface area contributed by atoms with Gasteiger partial charge in [0.25, 0.3) is 0 Å². The van der Waals surface area contributed by atoms with Gasteiger partial charge in [0.05, 0.1) is 5.92 Å². The number of esters is 1. The fourth-order valence-electron chi connectivity index (χ4n) is 2.56. The maximum atomic E-state index is 12.1. The highest BCUT2D eigenvalue weighted by molar-refractivity contribution is 5.99. The number of nitrogens with one attached hydrogen (secondary N) is 2. The summed E-state index contributed by atoms with van der Waals surface area (Å²) in [6, 6.07) is -0.818. The SMILES string of the molecule is CC(C)C(=O)OC[C@H]1O[C@@H](N2C(=O)NC(=NO)CC2NO)[C@H](O)[C@@H]1O. The fourth-order valence-corrected chi connectivity index (χ4v) is 2.56. The van der Waals surface area contributed by atoms with Gasteiger partial charge in [0, 0.05) is 6.42 Å². The minimum atomic E-state index is -1.50. The van der Waals surface area contributed by atoms with Crippen molar-refractivity contribution in [3.8, 4) is 0 Å². The van der Waals surface area contributed by atoms with Crippen LogP contribution < -0.4 is 10.8 Å². The first-order chi connectivity index (χ1) is 11.8. The molecule has 142 valence electrons. The zero-order valence-corrected chi connectivity index (χ0v) is 13.7. The van der Waals surface area contributed by atoms with Crippen molar-refractivity contribution in [3.63, 3.8) is 0 Å². The monoisotopic (exact) mass is 362 g/mol. The summed E-state index contributed by atoms with van der Waals surface area (Å²) in [7, 11) is 0. The lowest BCUT2D eigenvalue weighted by Gasteiger charge is -2.39. The van der Waals surface area contributed by atoms with Gasteiger partial charge in [0.2, 0.25) is 0 Å². The molecule has 0 bridgehead atoms. The molecule has 5 atom stereocenters. The van der Waals surface area contributed by atoms with Crippen molar-refractivity contribution in [3.05, 3.63) is 0 Å². The average Bonchev–Trinajstić information content (AvgIpc) is 2.86. The fraction of sp³-hybridized carbons (Fsp3) is 0.769. The summed E-state index contributed by atoms with van der Waals surface area (Å²) in [4.78, 5) is 24.6. The van der Waals surface area contributed by atoms with Crippen LogP contribution in [0, 0.1) is 5.92 Å². The van der Waals surface area contributed by atoms with E-state index in [9.17, 15) is 25.0 Å². The number of amidine groups is 1. The Balaban J connectivity index is 2.08. The van der Waals surface area contributed by atoms with Crippen molar-refractivity contribution in [1.82, 2.24) is 15.7 Å². The van der Waals surface area contributed by atoms with Crippen molar-refractivity contribution < 1.29 is 39.7 Å². The zero-order valence-electron chi connectivity index (χ0n) is 13.7. The largest absolute Gasteiger partial charge is 0.463 e. The van der Waals surface area contributed by atoms with Crippen LogP contribution >= 0.6 is 0 Å². The Morgan fingerprint density at radius 3 is 2.72 bits per heavy atom. The Kier molecular flexibility index (Phi) is 6.13. The zero-order chi connectivity index (χ0) is 18.7. The number of ether oxygens (including phenoxy) is 2. The van der Waals surface area contributed by atoms with Crippen molar-refractivity contribution >= 4 is 17.8 Å². The van der Waals surface area contributed by atoms with Gasteiger partial charge >= 0.3 is 12.0 Å². The van der Waals surface area contributed by atoms with Crippen LogP contribution in [0.2, 0.25) is 0 Å². The lowest BCUT2D eigenvalue weighted by molar-refractivity contribution is -0.156. The van der Waals surface area contributed by atoms with E-state index in [0.29, 0.717) is 0 Å². The van der Waals surface area contributed by atoms with Gasteiger partial charge in [-0.15, -0.1) is 0 Å². The van der Waals surface area contributed by atoms with Crippen molar-refractivity contribution in [2.45, 2.75) is 51.0 Å². The molecular formula is C13H22N4O8. The summed E-state index contributed by atoms with van der Waals surface area (Å²) >= 11 is 0. The van der Waals surface area contributed by atoms with E-state index < -0.39 is 42.7 Å².